The summed E-state index contributed by atoms with van der Waals surface area (Å²) in [7, 11) is 0. The van der Waals surface area contributed by atoms with Crippen molar-refractivity contribution < 1.29 is 0 Å². The molecular weight excluding hydrogens is 361 g/mol. The first kappa shape index (κ1) is 18.4. The van der Waals surface area contributed by atoms with Crippen LogP contribution in [0.4, 0.5) is 0 Å². The predicted molar refractivity (Wildman–Crippen MR) is 114 cm³/mol. The van der Waals surface area contributed by atoms with Crippen LogP contribution in [0.1, 0.15) is 11.1 Å². The monoisotopic (exact) mass is 379 g/mol. The number of halogens is 2. The molecule has 4 rings (SSSR count). The van der Waals surface area contributed by atoms with E-state index in [1.165, 1.54) is 22.3 Å². The average molecular weight is 380 g/mol. The van der Waals surface area contributed by atoms with Gasteiger partial charge in [-0.1, -0.05) is 65.7 Å². The Morgan fingerprint density at radius 1 is 0.769 bits per heavy atom. The summed E-state index contributed by atoms with van der Waals surface area (Å²) in [5.41, 5.74) is 7.94. The Labute approximate surface area is 165 Å². The Balaban J connectivity index is 0.00000196. The number of pyridine rings is 1. The second-order valence-corrected chi connectivity index (χ2v) is 6.84. The van der Waals surface area contributed by atoms with Crippen LogP contribution in [0.3, 0.4) is 0 Å². The van der Waals surface area contributed by atoms with Crippen LogP contribution < -0.4 is 0 Å². The van der Waals surface area contributed by atoms with Crippen molar-refractivity contribution >= 4 is 34.9 Å². The van der Waals surface area contributed by atoms with Gasteiger partial charge in [-0.25, -0.2) is 4.98 Å². The van der Waals surface area contributed by atoms with Gasteiger partial charge in [0.15, 0.2) is 0 Å². The largest absolute Gasteiger partial charge is 0.248 e. The van der Waals surface area contributed by atoms with Crippen LogP contribution in [0, 0.1) is 13.8 Å². The Bertz CT molecular complexity index is 1070. The van der Waals surface area contributed by atoms with Crippen LogP contribution in [-0.2, 0) is 0 Å². The van der Waals surface area contributed by atoms with Crippen LogP contribution in [0.15, 0.2) is 72.8 Å². The molecule has 0 aliphatic carbocycles. The molecule has 4 aromatic rings. The summed E-state index contributed by atoms with van der Waals surface area (Å²) in [6.45, 7) is 4.25. The highest BCUT2D eigenvalue weighted by atomic mass is 35.5. The number of rotatable bonds is 2. The minimum Gasteiger partial charge on any atom is -0.248 e. The van der Waals surface area contributed by atoms with Crippen LogP contribution in [-0.4, -0.2) is 4.98 Å². The fourth-order valence-corrected chi connectivity index (χ4v) is 3.47. The maximum atomic E-state index is 6.25. The zero-order valence-electron chi connectivity index (χ0n) is 14.7. The van der Waals surface area contributed by atoms with Crippen LogP contribution in [0.2, 0.25) is 5.02 Å². The molecule has 3 aromatic carbocycles. The molecule has 3 heteroatoms. The molecule has 0 bridgehead atoms. The lowest BCUT2D eigenvalue weighted by molar-refractivity contribution is 1.33. The lowest BCUT2D eigenvalue weighted by Crippen LogP contribution is -1.92. The van der Waals surface area contributed by atoms with E-state index in [1.807, 2.05) is 24.3 Å². The quantitative estimate of drug-likeness (QED) is 0.357. The third-order valence-electron chi connectivity index (χ3n) is 4.51. The average Bonchev–Trinajstić information content (AvgIpc) is 2.62. The van der Waals surface area contributed by atoms with Crippen molar-refractivity contribution in [2.75, 3.05) is 0 Å². The van der Waals surface area contributed by atoms with E-state index in [1.54, 1.807) is 0 Å². The van der Waals surface area contributed by atoms with Gasteiger partial charge in [-0.05, 0) is 54.8 Å². The SMILES string of the molecule is Cc1ccc(-c2cc(-c3ccccc3)c3cc(Cl)ccc3n2)c(C)c1.Cl. The molecule has 1 heterocycles. The molecule has 0 unspecified atom stereocenters. The van der Waals surface area contributed by atoms with Crippen LogP contribution in [0.25, 0.3) is 33.3 Å². The minimum atomic E-state index is 0. The lowest BCUT2D eigenvalue weighted by Gasteiger charge is -2.12. The number of fused-ring (bicyclic) bond motifs is 1. The van der Waals surface area contributed by atoms with Gasteiger partial charge in [0, 0.05) is 16.0 Å². The van der Waals surface area contributed by atoms with Crippen molar-refractivity contribution in [2.24, 2.45) is 0 Å². The maximum absolute atomic E-state index is 6.25. The number of nitrogens with zero attached hydrogens (tertiary/aromatic N) is 1. The zero-order valence-corrected chi connectivity index (χ0v) is 16.2. The first-order chi connectivity index (χ1) is 12.1. The van der Waals surface area contributed by atoms with Gasteiger partial charge in [0.05, 0.1) is 11.2 Å². The van der Waals surface area contributed by atoms with Gasteiger partial charge in [-0.2, -0.15) is 0 Å². The molecule has 0 fully saturated rings. The second kappa shape index (κ2) is 7.49. The van der Waals surface area contributed by atoms with E-state index in [0.717, 1.165) is 27.2 Å². The molecule has 1 nitrogen and oxygen atoms in total. The summed E-state index contributed by atoms with van der Waals surface area (Å²) < 4.78 is 0. The van der Waals surface area contributed by atoms with Gasteiger partial charge in [0.2, 0.25) is 0 Å². The fraction of sp³-hybridized carbons (Fsp3) is 0.0870. The molecule has 130 valence electrons. The molecule has 0 N–H and O–H groups in total. The number of hydrogen-bond acceptors (Lipinski definition) is 1. The molecule has 0 aliphatic heterocycles. The summed E-state index contributed by atoms with van der Waals surface area (Å²) >= 11 is 6.25. The van der Waals surface area contributed by atoms with Gasteiger partial charge in [0.25, 0.3) is 0 Å². The first-order valence-electron chi connectivity index (χ1n) is 8.35. The number of aryl methyl sites for hydroxylation is 2. The number of benzene rings is 3. The van der Waals surface area contributed by atoms with E-state index in [0.29, 0.717) is 0 Å². The maximum Gasteiger partial charge on any atom is 0.0718 e. The van der Waals surface area contributed by atoms with Gasteiger partial charge >= 0.3 is 0 Å². The summed E-state index contributed by atoms with van der Waals surface area (Å²) in [5, 5.41) is 1.80. The molecule has 0 radical (unpaired) electrons. The van der Waals surface area contributed by atoms with Crippen molar-refractivity contribution in [2.45, 2.75) is 13.8 Å². The highest BCUT2D eigenvalue weighted by Gasteiger charge is 2.11. The fourth-order valence-electron chi connectivity index (χ4n) is 3.29. The summed E-state index contributed by atoms with van der Waals surface area (Å²) in [6, 6.07) is 25.0. The number of hydrogen-bond donors (Lipinski definition) is 0. The standard InChI is InChI=1S/C23H18ClN.ClH/c1-15-8-10-19(16(2)12-15)23-14-20(17-6-4-3-5-7-17)21-13-18(24)9-11-22(21)25-23;/h3-14H,1-2H3;1H. The minimum absolute atomic E-state index is 0. The molecule has 0 amide bonds. The predicted octanol–water partition coefficient (Wildman–Crippen LogP) is 7.26. The Kier molecular flexibility index (Phi) is 5.31. The van der Waals surface area contributed by atoms with E-state index in [9.17, 15) is 0 Å². The Morgan fingerprint density at radius 2 is 1.54 bits per heavy atom. The second-order valence-electron chi connectivity index (χ2n) is 6.40. The van der Waals surface area contributed by atoms with Crippen molar-refractivity contribution in [3.63, 3.8) is 0 Å². The molecule has 0 saturated heterocycles. The Hall–Kier alpha value is -2.35. The van der Waals surface area contributed by atoms with Crippen molar-refractivity contribution in [3.05, 3.63) is 88.9 Å². The molecule has 0 saturated carbocycles. The van der Waals surface area contributed by atoms with E-state index >= 15 is 0 Å². The summed E-state index contributed by atoms with van der Waals surface area (Å²) in [4.78, 5) is 4.90. The topological polar surface area (TPSA) is 12.9 Å². The van der Waals surface area contributed by atoms with Crippen molar-refractivity contribution in [1.29, 1.82) is 0 Å². The number of aromatic nitrogens is 1. The highest BCUT2D eigenvalue weighted by Crippen LogP contribution is 2.34. The van der Waals surface area contributed by atoms with E-state index in [4.69, 9.17) is 16.6 Å². The molecule has 0 atom stereocenters. The van der Waals surface area contributed by atoms with Gasteiger partial charge in [0.1, 0.15) is 0 Å². The van der Waals surface area contributed by atoms with Crippen molar-refractivity contribution in [3.8, 4) is 22.4 Å². The van der Waals surface area contributed by atoms with Crippen LogP contribution in [0.5, 0.6) is 0 Å². The van der Waals surface area contributed by atoms with Gasteiger partial charge in [-0.3, -0.25) is 0 Å². The third-order valence-corrected chi connectivity index (χ3v) is 4.75. The van der Waals surface area contributed by atoms with Crippen LogP contribution >= 0.6 is 24.0 Å². The molecule has 1 aromatic heterocycles. The van der Waals surface area contributed by atoms with Crippen molar-refractivity contribution in [1.82, 2.24) is 4.98 Å². The lowest BCUT2D eigenvalue weighted by atomic mass is 9.96. The third kappa shape index (κ3) is 3.46. The summed E-state index contributed by atoms with van der Waals surface area (Å²) in [6.07, 6.45) is 0. The van der Waals surface area contributed by atoms with E-state index in [2.05, 4.69) is 62.4 Å². The molecular formula is C23H19Cl2N. The van der Waals surface area contributed by atoms with Gasteiger partial charge < -0.3 is 0 Å². The first-order valence-corrected chi connectivity index (χ1v) is 8.73. The normalized spacial score (nSPS) is 10.6. The van der Waals surface area contributed by atoms with Gasteiger partial charge in [-0.15, -0.1) is 12.4 Å². The molecule has 0 aliphatic rings. The highest BCUT2D eigenvalue weighted by molar-refractivity contribution is 6.31. The van der Waals surface area contributed by atoms with E-state index in [-0.39, 0.29) is 12.4 Å². The molecule has 26 heavy (non-hydrogen) atoms. The zero-order chi connectivity index (χ0) is 17.4. The molecule has 0 spiro atoms. The summed E-state index contributed by atoms with van der Waals surface area (Å²) in [5.74, 6) is 0. The van der Waals surface area contributed by atoms with E-state index < -0.39 is 0 Å². The smallest absolute Gasteiger partial charge is 0.0718 e. The Morgan fingerprint density at radius 3 is 2.27 bits per heavy atom.